The Morgan fingerprint density at radius 2 is 2.33 bits per heavy atom. The molecule has 0 radical (unpaired) electrons. The molecule has 98 valence electrons. The Hall–Kier alpha value is -1.63. The lowest BCUT2D eigenvalue weighted by Crippen LogP contribution is -2.44. The molecule has 1 aliphatic rings. The van der Waals surface area contributed by atoms with Crippen molar-refractivity contribution in [2.75, 3.05) is 18.8 Å². The van der Waals surface area contributed by atoms with Gasteiger partial charge < -0.3 is 16.4 Å². The van der Waals surface area contributed by atoms with Gasteiger partial charge in [0.1, 0.15) is 0 Å². The molecule has 4 N–H and O–H groups in total. The van der Waals surface area contributed by atoms with Gasteiger partial charge in [0.05, 0.1) is 18.0 Å². The number of primary amides is 1. The van der Waals surface area contributed by atoms with E-state index in [-0.39, 0.29) is 24.2 Å². The number of nitrogen functional groups attached to an aromatic ring is 1. The number of rotatable bonds is 3. The minimum Gasteiger partial charge on any atom is -0.375 e. The third-order valence-corrected chi connectivity index (χ3v) is 3.80. The number of carbonyl (C=O) groups excluding carboxylic acids is 2. The second-order valence-electron chi connectivity index (χ2n) is 4.44. The summed E-state index contributed by atoms with van der Waals surface area (Å²) < 4.78 is 0. The van der Waals surface area contributed by atoms with Crippen molar-refractivity contribution in [1.29, 1.82) is 0 Å². The number of nitrogens with zero attached hydrogens (tertiary/aromatic N) is 2. The van der Waals surface area contributed by atoms with E-state index in [1.54, 1.807) is 10.3 Å². The SMILES string of the molecule is NC(=O)C1CCCN(C(=O)Cc2csc(N)n2)C1. The van der Waals surface area contributed by atoms with Crippen LogP contribution in [0.4, 0.5) is 5.13 Å². The first-order valence-corrected chi connectivity index (χ1v) is 6.71. The summed E-state index contributed by atoms with van der Waals surface area (Å²) in [5.41, 5.74) is 11.5. The lowest BCUT2D eigenvalue weighted by atomic mass is 9.97. The van der Waals surface area contributed by atoms with Gasteiger partial charge in [-0.3, -0.25) is 9.59 Å². The lowest BCUT2D eigenvalue weighted by molar-refractivity contribution is -0.134. The zero-order valence-corrected chi connectivity index (χ0v) is 10.8. The molecule has 1 unspecified atom stereocenters. The highest BCUT2D eigenvalue weighted by Crippen LogP contribution is 2.18. The molecule has 2 heterocycles. The van der Waals surface area contributed by atoms with Crippen LogP contribution in [0.15, 0.2) is 5.38 Å². The summed E-state index contributed by atoms with van der Waals surface area (Å²) in [5, 5.41) is 2.24. The highest BCUT2D eigenvalue weighted by Gasteiger charge is 2.27. The van der Waals surface area contributed by atoms with Crippen molar-refractivity contribution >= 4 is 28.3 Å². The molecule has 1 aromatic heterocycles. The van der Waals surface area contributed by atoms with Crippen LogP contribution < -0.4 is 11.5 Å². The molecule has 0 saturated carbocycles. The van der Waals surface area contributed by atoms with Crippen LogP contribution in [0.5, 0.6) is 0 Å². The molecule has 0 spiro atoms. The van der Waals surface area contributed by atoms with Crippen molar-refractivity contribution in [2.45, 2.75) is 19.3 Å². The van der Waals surface area contributed by atoms with Gasteiger partial charge in [-0.15, -0.1) is 11.3 Å². The van der Waals surface area contributed by atoms with Crippen LogP contribution in [-0.4, -0.2) is 34.8 Å². The third kappa shape index (κ3) is 2.98. The number of hydrogen-bond acceptors (Lipinski definition) is 5. The molecule has 2 amide bonds. The van der Waals surface area contributed by atoms with Crippen LogP contribution in [0.2, 0.25) is 0 Å². The van der Waals surface area contributed by atoms with E-state index in [1.807, 2.05) is 0 Å². The average molecular weight is 268 g/mol. The standard InChI is InChI=1S/C11H16N4O2S/c12-10(17)7-2-1-3-15(5-7)9(16)4-8-6-18-11(13)14-8/h6-7H,1-5H2,(H2,12,17)(H2,13,14). The Labute approximate surface area is 109 Å². The van der Waals surface area contributed by atoms with Crippen molar-refractivity contribution in [3.05, 3.63) is 11.1 Å². The highest BCUT2D eigenvalue weighted by atomic mass is 32.1. The van der Waals surface area contributed by atoms with E-state index in [0.29, 0.717) is 23.9 Å². The van der Waals surface area contributed by atoms with Gasteiger partial charge in [-0.25, -0.2) is 4.98 Å². The molecule has 1 saturated heterocycles. The molecule has 1 atom stereocenters. The van der Waals surface area contributed by atoms with E-state index in [9.17, 15) is 9.59 Å². The normalized spacial score (nSPS) is 19.8. The number of amides is 2. The quantitative estimate of drug-likeness (QED) is 0.805. The summed E-state index contributed by atoms with van der Waals surface area (Å²) in [7, 11) is 0. The van der Waals surface area contributed by atoms with E-state index in [4.69, 9.17) is 11.5 Å². The molecule has 6 nitrogen and oxygen atoms in total. The van der Waals surface area contributed by atoms with Gasteiger partial charge in [0, 0.05) is 18.5 Å². The monoisotopic (exact) mass is 268 g/mol. The van der Waals surface area contributed by atoms with Crippen molar-refractivity contribution in [1.82, 2.24) is 9.88 Å². The maximum absolute atomic E-state index is 12.0. The molecule has 0 aromatic carbocycles. The summed E-state index contributed by atoms with van der Waals surface area (Å²) >= 11 is 1.32. The first kappa shape index (κ1) is 12.8. The van der Waals surface area contributed by atoms with Crippen molar-refractivity contribution < 1.29 is 9.59 Å². The second-order valence-corrected chi connectivity index (χ2v) is 5.32. The largest absolute Gasteiger partial charge is 0.375 e. The van der Waals surface area contributed by atoms with E-state index < -0.39 is 0 Å². The Morgan fingerprint density at radius 1 is 1.56 bits per heavy atom. The smallest absolute Gasteiger partial charge is 0.228 e. The zero-order chi connectivity index (χ0) is 13.1. The molecule has 2 rings (SSSR count). The molecular formula is C11H16N4O2S. The van der Waals surface area contributed by atoms with Crippen molar-refractivity contribution in [2.24, 2.45) is 11.7 Å². The van der Waals surface area contributed by atoms with Gasteiger partial charge >= 0.3 is 0 Å². The summed E-state index contributed by atoms with van der Waals surface area (Å²) in [6.07, 6.45) is 1.82. The van der Waals surface area contributed by atoms with Gasteiger partial charge in [-0.2, -0.15) is 0 Å². The van der Waals surface area contributed by atoms with E-state index in [2.05, 4.69) is 4.98 Å². The number of nitrogens with two attached hydrogens (primary N) is 2. The Balaban J connectivity index is 1.94. The van der Waals surface area contributed by atoms with Crippen LogP contribution in [0, 0.1) is 5.92 Å². The van der Waals surface area contributed by atoms with Gasteiger partial charge in [0.15, 0.2) is 5.13 Å². The summed E-state index contributed by atoms with van der Waals surface area (Å²) in [4.78, 5) is 28.9. The summed E-state index contributed by atoms with van der Waals surface area (Å²) in [6, 6.07) is 0. The Morgan fingerprint density at radius 3 is 2.94 bits per heavy atom. The maximum atomic E-state index is 12.0. The molecule has 1 aromatic rings. The first-order valence-electron chi connectivity index (χ1n) is 5.83. The number of hydrogen-bond donors (Lipinski definition) is 2. The molecule has 18 heavy (non-hydrogen) atoms. The van der Waals surface area contributed by atoms with E-state index in [0.717, 1.165) is 12.8 Å². The van der Waals surface area contributed by atoms with E-state index >= 15 is 0 Å². The second kappa shape index (κ2) is 5.34. The number of carbonyl (C=O) groups is 2. The predicted molar refractivity (Wildman–Crippen MR) is 68.7 cm³/mol. The average Bonchev–Trinajstić information content (AvgIpc) is 2.75. The molecule has 7 heteroatoms. The zero-order valence-electron chi connectivity index (χ0n) is 9.96. The van der Waals surface area contributed by atoms with Crippen LogP contribution in [0.3, 0.4) is 0 Å². The first-order chi connectivity index (χ1) is 8.56. The van der Waals surface area contributed by atoms with E-state index in [1.165, 1.54) is 11.3 Å². The molecule has 0 bridgehead atoms. The molecule has 0 aliphatic carbocycles. The van der Waals surface area contributed by atoms with Gasteiger partial charge in [-0.05, 0) is 12.8 Å². The fourth-order valence-corrected chi connectivity index (χ4v) is 2.67. The summed E-state index contributed by atoms with van der Waals surface area (Å²) in [5.74, 6) is -0.570. The Bertz CT molecular complexity index is 460. The number of piperidine rings is 1. The molecule has 1 aliphatic heterocycles. The van der Waals surface area contributed by atoms with Crippen LogP contribution >= 0.6 is 11.3 Å². The van der Waals surface area contributed by atoms with Gasteiger partial charge in [-0.1, -0.05) is 0 Å². The van der Waals surface area contributed by atoms with Crippen LogP contribution in [-0.2, 0) is 16.0 Å². The molecular weight excluding hydrogens is 252 g/mol. The van der Waals surface area contributed by atoms with Crippen molar-refractivity contribution in [3.8, 4) is 0 Å². The lowest BCUT2D eigenvalue weighted by Gasteiger charge is -2.31. The minimum absolute atomic E-state index is 0.0220. The highest BCUT2D eigenvalue weighted by molar-refractivity contribution is 7.13. The number of likely N-dealkylation sites (tertiary alicyclic amines) is 1. The maximum Gasteiger partial charge on any atom is 0.228 e. The summed E-state index contributed by atoms with van der Waals surface area (Å²) in [6.45, 7) is 1.11. The predicted octanol–water partition coefficient (Wildman–Crippen LogP) is -0.00830. The number of aromatic nitrogens is 1. The van der Waals surface area contributed by atoms with Crippen LogP contribution in [0.25, 0.3) is 0 Å². The fourth-order valence-electron chi connectivity index (χ4n) is 2.11. The van der Waals surface area contributed by atoms with Gasteiger partial charge in [0.2, 0.25) is 11.8 Å². The van der Waals surface area contributed by atoms with Crippen LogP contribution in [0.1, 0.15) is 18.5 Å². The number of anilines is 1. The van der Waals surface area contributed by atoms with Crippen molar-refractivity contribution in [3.63, 3.8) is 0 Å². The minimum atomic E-state index is -0.328. The third-order valence-electron chi connectivity index (χ3n) is 3.08. The molecule has 1 fully saturated rings. The Kier molecular flexibility index (Phi) is 3.81. The number of thiazole rings is 1. The fraction of sp³-hybridized carbons (Fsp3) is 0.545. The van der Waals surface area contributed by atoms with Gasteiger partial charge in [0.25, 0.3) is 0 Å². The topological polar surface area (TPSA) is 102 Å².